The van der Waals surface area contributed by atoms with Crippen molar-refractivity contribution in [2.45, 2.75) is 20.4 Å². The standard InChI is InChI=1S/C16H20N2O/c1-11-7-13(5-6-14(11)9-17-3)15-8-12(2)16(19)18(4)10-15/h5-8,10,17H,9H2,1-4H3. The van der Waals surface area contributed by atoms with Crippen LogP contribution < -0.4 is 10.9 Å². The van der Waals surface area contributed by atoms with Gasteiger partial charge < -0.3 is 9.88 Å². The molecule has 0 radical (unpaired) electrons. The smallest absolute Gasteiger partial charge is 0.253 e. The molecule has 0 saturated heterocycles. The van der Waals surface area contributed by atoms with Gasteiger partial charge in [0.1, 0.15) is 0 Å². The average Bonchev–Trinajstić information content (AvgIpc) is 2.38. The predicted molar refractivity (Wildman–Crippen MR) is 79.4 cm³/mol. The fourth-order valence-electron chi connectivity index (χ4n) is 2.30. The normalized spacial score (nSPS) is 10.7. The van der Waals surface area contributed by atoms with Gasteiger partial charge in [-0.1, -0.05) is 18.2 Å². The zero-order valence-electron chi connectivity index (χ0n) is 11.9. The van der Waals surface area contributed by atoms with Gasteiger partial charge in [0.25, 0.3) is 5.56 Å². The van der Waals surface area contributed by atoms with Gasteiger partial charge in [-0.2, -0.15) is 0 Å². The van der Waals surface area contributed by atoms with Crippen molar-refractivity contribution in [1.29, 1.82) is 0 Å². The summed E-state index contributed by atoms with van der Waals surface area (Å²) in [5.74, 6) is 0. The molecule has 0 spiro atoms. The van der Waals surface area contributed by atoms with Gasteiger partial charge in [0.15, 0.2) is 0 Å². The second-order valence-electron chi connectivity index (χ2n) is 5.00. The van der Waals surface area contributed by atoms with Gasteiger partial charge in [-0.15, -0.1) is 0 Å². The SMILES string of the molecule is CNCc1ccc(-c2cc(C)c(=O)n(C)c2)cc1C. The van der Waals surface area contributed by atoms with Gasteiger partial charge in [0, 0.05) is 25.4 Å². The van der Waals surface area contributed by atoms with E-state index in [0.29, 0.717) is 0 Å². The van der Waals surface area contributed by atoms with Crippen LogP contribution in [0.3, 0.4) is 0 Å². The Labute approximate surface area is 113 Å². The van der Waals surface area contributed by atoms with E-state index >= 15 is 0 Å². The summed E-state index contributed by atoms with van der Waals surface area (Å²) in [6.45, 7) is 4.84. The van der Waals surface area contributed by atoms with Crippen LogP contribution >= 0.6 is 0 Å². The summed E-state index contributed by atoms with van der Waals surface area (Å²) < 4.78 is 1.64. The fraction of sp³-hybridized carbons (Fsp3) is 0.312. The lowest BCUT2D eigenvalue weighted by molar-refractivity contribution is 0.812. The van der Waals surface area contributed by atoms with Crippen LogP contribution in [0.5, 0.6) is 0 Å². The Morgan fingerprint density at radius 1 is 1.11 bits per heavy atom. The first-order valence-electron chi connectivity index (χ1n) is 6.44. The number of nitrogens with one attached hydrogen (secondary N) is 1. The third-order valence-electron chi connectivity index (χ3n) is 3.41. The molecule has 19 heavy (non-hydrogen) atoms. The Hall–Kier alpha value is -1.87. The lowest BCUT2D eigenvalue weighted by Gasteiger charge is -2.10. The van der Waals surface area contributed by atoms with E-state index in [1.165, 1.54) is 11.1 Å². The van der Waals surface area contributed by atoms with Crippen LogP contribution in [0.1, 0.15) is 16.7 Å². The largest absolute Gasteiger partial charge is 0.318 e. The molecule has 0 fully saturated rings. The van der Waals surface area contributed by atoms with Crippen molar-refractivity contribution < 1.29 is 0 Å². The second-order valence-corrected chi connectivity index (χ2v) is 5.00. The minimum absolute atomic E-state index is 0.0623. The molecule has 1 aromatic carbocycles. The molecule has 0 atom stereocenters. The number of rotatable bonds is 3. The maximum atomic E-state index is 11.7. The van der Waals surface area contributed by atoms with Crippen LogP contribution in [0.2, 0.25) is 0 Å². The van der Waals surface area contributed by atoms with Gasteiger partial charge in [0.2, 0.25) is 0 Å². The molecule has 1 aromatic heterocycles. The molecule has 0 bridgehead atoms. The summed E-state index contributed by atoms with van der Waals surface area (Å²) in [4.78, 5) is 11.7. The van der Waals surface area contributed by atoms with E-state index in [1.807, 2.05) is 26.2 Å². The summed E-state index contributed by atoms with van der Waals surface area (Å²) in [5.41, 5.74) is 5.63. The monoisotopic (exact) mass is 256 g/mol. The predicted octanol–water partition coefficient (Wildman–Crippen LogP) is 2.39. The molecular weight excluding hydrogens is 236 g/mol. The van der Waals surface area contributed by atoms with Crippen LogP contribution in [0.4, 0.5) is 0 Å². The average molecular weight is 256 g/mol. The van der Waals surface area contributed by atoms with Gasteiger partial charge in [0.05, 0.1) is 0 Å². The topological polar surface area (TPSA) is 34.0 Å². The van der Waals surface area contributed by atoms with Crippen LogP contribution in [-0.4, -0.2) is 11.6 Å². The van der Waals surface area contributed by atoms with Gasteiger partial charge in [-0.05, 0) is 49.2 Å². The summed E-state index contributed by atoms with van der Waals surface area (Å²) >= 11 is 0. The van der Waals surface area contributed by atoms with E-state index in [4.69, 9.17) is 0 Å². The van der Waals surface area contributed by atoms with E-state index in [-0.39, 0.29) is 5.56 Å². The van der Waals surface area contributed by atoms with Crippen LogP contribution in [-0.2, 0) is 13.6 Å². The molecule has 3 nitrogen and oxygen atoms in total. The van der Waals surface area contributed by atoms with Crippen LogP contribution in [0, 0.1) is 13.8 Å². The molecule has 0 aliphatic rings. The van der Waals surface area contributed by atoms with Crippen molar-refractivity contribution >= 4 is 0 Å². The van der Waals surface area contributed by atoms with Crippen molar-refractivity contribution in [3.05, 3.63) is 57.5 Å². The lowest BCUT2D eigenvalue weighted by Crippen LogP contribution is -2.18. The van der Waals surface area contributed by atoms with E-state index in [0.717, 1.165) is 23.2 Å². The lowest BCUT2D eigenvalue weighted by atomic mass is 10.00. The molecule has 100 valence electrons. The first-order valence-corrected chi connectivity index (χ1v) is 6.44. The molecule has 0 aliphatic carbocycles. The molecule has 0 saturated carbocycles. The van der Waals surface area contributed by atoms with Crippen LogP contribution in [0.15, 0.2) is 35.3 Å². The molecule has 0 aliphatic heterocycles. The molecule has 0 unspecified atom stereocenters. The Morgan fingerprint density at radius 2 is 1.79 bits per heavy atom. The van der Waals surface area contributed by atoms with Gasteiger partial charge in [-0.3, -0.25) is 4.79 Å². The first kappa shape index (κ1) is 13.6. The Morgan fingerprint density at radius 3 is 2.37 bits per heavy atom. The van der Waals surface area contributed by atoms with Gasteiger partial charge >= 0.3 is 0 Å². The molecular formula is C16H20N2O. The van der Waals surface area contributed by atoms with Gasteiger partial charge in [-0.25, -0.2) is 0 Å². The third-order valence-corrected chi connectivity index (χ3v) is 3.41. The Kier molecular flexibility index (Phi) is 3.86. The van der Waals surface area contributed by atoms with Crippen molar-refractivity contribution in [1.82, 2.24) is 9.88 Å². The van der Waals surface area contributed by atoms with Crippen molar-refractivity contribution in [2.24, 2.45) is 7.05 Å². The zero-order valence-corrected chi connectivity index (χ0v) is 11.9. The molecule has 0 amide bonds. The number of benzene rings is 1. The number of pyridine rings is 1. The highest BCUT2D eigenvalue weighted by molar-refractivity contribution is 5.64. The number of aromatic nitrogens is 1. The Balaban J connectivity index is 2.48. The van der Waals surface area contributed by atoms with E-state index in [2.05, 4.69) is 30.4 Å². The highest BCUT2D eigenvalue weighted by Gasteiger charge is 2.05. The highest BCUT2D eigenvalue weighted by Crippen LogP contribution is 2.22. The fourth-order valence-corrected chi connectivity index (χ4v) is 2.30. The first-order chi connectivity index (χ1) is 9.02. The minimum Gasteiger partial charge on any atom is -0.318 e. The van der Waals surface area contributed by atoms with Crippen molar-refractivity contribution in [3.63, 3.8) is 0 Å². The summed E-state index contributed by atoms with van der Waals surface area (Å²) in [7, 11) is 3.74. The maximum Gasteiger partial charge on any atom is 0.253 e. The minimum atomic E-state index is 0.0623. The molecule has 1 heterocycles. The summed E-state index contributed by atoms with van der Waals surface area (Å²) in [5, 5.41) is 3.16. The molecule has 2 rings (SSSR count). The van der Waals surface area contributed by atoms with Crippen LogP contribution in [0.25, 0.3) is 11.1 Å². The number of hydrogen-bond donors (Lipinski definition) is 1. The van der Waals surface area contributed by atoms with Crippen molar-refractivity contribution in [2.75, 3.05) is 7.05 Å². The quantitative estimate of drug-likeness (QED) is 0.915. The summed E-state index contributed by atoms with van der Waals surface area (Å²) in [6.07, 6.45) is 1.89. The molecule has 2 aromatic rings. The number of nitrogens with zero attached hydrogens (tertiary/aromatic N) is 1. The second kappa shape index (κ2) is 5.41. The van der Waals surface area contributed by atoms with E-state index in [9.17, 15) is 4.79 Å². The number of aryl methyl sites for hydroxylation is 3. The highest BCUT2D eigenvalue weighted by atomic mass is 16.1. The maximum absolute atomic E-state index is 11.7. The van der Waals surface area contributed by atoms with Crippen molar-refractivity contribution in [3.8, 4) is 11.1 Å². The van der Waals surface area contributed by atoms with E-state index in [1.54, 1.807) is 11.6 Å². The van der Waals surface area contributed by atoms with E-state index < -0.39 is 0 Å². The molecule has 3 heteroatoms. The Bertz CT molecular complexity index is 630. The summed E-state index contributed by atoms with van der Waals surface area (Å²) in [6, 6.07) is 8.38. The third kappa shape index (κ3) is 2.76. The number of hydrogen-bond acceptors (Lipinski definition) is 2. The molecule has 1 N–H and O–H groups in total. The zero-order chi connectivity index (χ0) is 14.0.